The number of nitrogens with zero attached hydrogens (tertiary/aromatic N) is 1. The number of rotatable bonds is 5. The number of aryl methyl sites for hydroxylation is 1. The van der Waals surface area contributed by atoms with Gasteiger partial charge >= 0.3 is 5.97 Å². The van der Waals surface area contributed by atoms with Crippen LogP contribution in [0.1, 0.15) is 40.9 Å². The summed E-state index contributed by atoms with van der Waals surface area (Å²) in [4.78, 5) is 32.9. The Morgan fingerprint density at radius 1 is 1.38 bits per heavy atom. The Balaban J connectivity index is 1.96. The van der Waals surface area contributed by atoms with Gasteiger partial charge in [0.05, 0.1) is 18.0 Å². The number of hydrogen-bond acceptors (Lipinski definition) is 6. The average molecular weight is 392 g/mol. The number of fused-ring (bicyclic) bond motifs is 1. The Morgan fingerprint density at radius 3 is 2.73 bits per heavy atom. The van der Waals surface area contributed by atoms with Crippen LogP contribution in [-0.2, 0) is 4.74 Å². The molecule has 6 nitrogen and oxygen atoms in total. The maximum Gasteiger partial charge on any atom is 0.348 e. The zero-order valence-corrected chi connectivity index (χ0v) is 16.1. The molecule has 1 aromatic carbocycles. The molecule has 0 bridgehead atoms. The molecule has 0 unspecified atom stereocenters. The molecule has 8 heteroatoms. The van der Waals surface area contributed by atoms with Crippen molar-refractivity contribution in [3.05, 3.63) is 55.9 Å². The van der Waals surface area contributed by atoms with Gasteiger partial charge in [-0.15, -0.1) is 11.3 Å². The number of anilines is 1. The van der Waals surface area contributed by atoms with E-state index in [1.54, 1.807) is 26.0 Å². The quantitative estimate of drug-likeness (QED) is 0.633. The summed E-state index contributed by atoms with van der Waals surface area (Å²) in [6.45, 7) is 5.65. The summed E-state index contributed by atoms with van der Waals surface area (Å²) in [7, 11) is 0. The molecule has 2 N–H and O–H groups in total. The summed E-state index contributed by atoms with van der Waals surface area (Å²) in [5.41, 5.74) is 1.19. The fourth-order valence-electron chi connectivity index (χ4n) is 2.62. The Labute approximate surface area is 159 Å². The lowest BCUT2D eigenvalue weighted by atomic mass is 10.2. The van der Waals surface area contributed by atoms with Gasteiger partial charge < -0.3 is 15.0 Å². The second kappa shape index (κ2) is 7.47. The van der Waals surface area contributed by atoms with Crippen LogP contribution in [-0.4, -0.2) is 22.5 Å². The van der Waals surface area contributed by atoms with E-state index in [4.69, 9.17) is 16.3 Å². The molecule has 2 heterocycles. The third-order valence-electron chi connectivity index (χ3n) is 3.92. The minimum Gasteiger partial charge on any atom is -0.462 e. The van der Waals surface area contributed by atoms with Gasteiger partial charge in [0, 0.05) is 10.7 Å². The van der Waals surface area contributed by atoms with E-state index in [1.165, 1.54) is 11.3 Å². The first-order chi connectivity index (χ1) is 12.4. The van der Waals surface area contributed by atoms with Gasteiger partial charge in [0.15, 0.2) is 0 Å². The second-order valence-corrected chi connectivity index (χ2v) is 7.22. The van der Waals surface area contributed by atoms with E-state index in [9.17, 15) is 9.59 Å². The molecule has 3 aromatic rings. The second-order valence-electron chi connectivity index (χ2n) is 5.78. The molecule has 0 fully saturated rings. The molecule has 0 aliphatic rings. The van der Waals surface area contributed by atoms with Crippen molar-refractivity contribution in [3.8, 4) is 0 Å². The minimum atomic E-state index is -0.429. The third-order valence-corrected chi connectivity index (χ3v) is 5.33. The van der Waals surface area contributed by atoms with E-state index in [2.05, 4.69) is 15.3 Å². The van der Waals surface area contributed by atoms with Crippen LogP contribution in [0, 0.1) is 6.92 Å². The van der Waals surface area contributed by atoms with Gasteiger partial charge in [0.1, 0.15) is 15.5 Å². The van der Waals surface area contributed by atoms with Crippen LogP contribution in [0.5, 0.6) is 0 Å². The van der Waals surface area contributed by atoms with Gasteiger partial charge in [0.2, 0.25) is 0 Å². The molecule has 136 valence electrons. The van der Waals surface area contributed by atoms with Crippen LogP contribution in [0.15, 0.2) is 29.1 Å². The predicted octanol–water partition coefficient (Wildman–Crippen LogP) is 4.30. The smallest absolute Gasteiger partial charge is 0.348 e. The number of carbonyl (C=O) groups excluding carboxylic acids is 1. The Bertz CT molecular complexity index is 1010. The number of nitrogens with one attached hydrogen (secondary N) is 2. The van der Waals surface area contributed by atoms with Gasteiger partial charge in [-0.2, -0.15) is 0 Å². The highest BCUT2D eigenvalue weighted by molar-refractivity contribution is 7.20. The minimum absolute atomic E-state index is 0.235. The van der Waals surface area contributed by atoms with E-state index < -0.39 is 5.97 Å². The van der Waals surface area contributed by atoms with Gasteiger partial charge in [-0.05, 0) is 50.6 Å². The molecule has 1 atom stereocenters. The van der Waals surface area contributed by atoms with Gasteiger partial charge in [-0.3, -0.25) is 4.79 Å². The lowest BCUT2D eigenvalue weighted by Gasteiger charge is -2.14. The number of aromatic amines is 1. The van der Waals surface area contributed by atoms with Crippen molar-refractivity contribution >= 4 is 44.8 Å². The highest BCUT2D eigenvalue weighted by Crippen LogP contribution is 2.28. The van der Waals surface area contributed by atoms with Gasteiger partial charge in [0.25, 0.3) is 5.56 Å². The molecule has 0 saturated carbocycles. The fraction of sp³-hybridized carbons (Fsp3) is 0.278. The monoisotopic (exact) mass is 391 g/mol. The van der Waals surface area contributed by atoms with Crippen molar-refractivity contribution < 1.29 is 9.53 Å². The van der Waals surface area contributed by atoms with Crippen LogP contribution >= 0.6 is 22.9 Å². The largest absolute Gasteiger partial charge is 0.462 e. The Kier molecular flexibility index (Phi) is 5.29. The van der Waals surface area contributed by atoms with Crippen LogP contribution in [0.3, 0.4) is 0 Å². The maximum atomic E-state index is 12.5. The molecule has 3 rings (SSSR count). The normalized spacial score (nSPS) is 12.2. The Morgan fingerprint density at radius 2 is 2.08 bits per heavy atom. The van der Waals surface area contributed by atoms with Gasteiger partial charge in [-0.25, -0.2) is 9.78 Å². The number of hydrogen-bond donors (Lipinski definition) is 2. The van der Waals surface area contributed by atoms with Crippen molar-refractivity contribution in [2.45, 2.75) is 26.8 Å². The van der Waals surface area contributed by atoms with Crippen molar-refractivity contribution in [1.29, 1.82) is 0 Å². The first kappa shape index (κ1) is 18.4. The maximum absolute atomic E-state index is 12.5. The number of benzene rings is 1. The van der Waals surface area contributed by atoms with Crippen molar-refractivity contribution in [2.75, 3.05) is 11.9 Å². The number of aromatic nitrogens is 2. The molecule has 0 amide bonds. The molecule has 26 heavy (non-hydrogen) atoms. The Hall–Kier alpha value is -2.38. The number of thiophene rings is 1. The zero-order chi connectivity index (χ0) is 18.8. The number of carbonyl (C=O) groups is 1. The summed E-state index contributed by atoms with van der Waals surface area (Å²) >= 11 is 7.07. The molecule has 0 aliphatic heterocycles. The molecule has 0 radical (unpaired) electrons. The van der Waals surface area contributed by atoms with Crippen molar-refractivity contribution in [3.63, 3.8) is 0 Å². The summed E-state index contributed by atoms with van der Waals surface area (Å²) in [5, 5.41) is 4.34. The highest BCUT2D eigenvalue weighted by atomic mass is 35.5. The number of halogens is 1. The van der Waals surface area contributed by atoms with E-state index >= 15 is 0 Å². The van der Waals surface area contributed by atoms with E-state index in [-0.39, 0.29) is 18.2 Å². The fourth-order valence-corrected chi connectivity index (χ4v) is 3.83. The predicted molar refractivity (Wildman–Crippen MR) is 104 cm³/mol. The molecular formula is C18H18ClN3O3S. The third kappa shape index (κ3) is 3.59. The summed E-state index contributed by atoms with van der Waals surface area (Å²) < 4.78 is 5.05. The number of H-pyrrole nitrogens is 1. The number of esters is 1. The molecule has 2 aromatic heterocycles. The zero-order valence-electron chi connectivity index (χ0n) is 14.6. The van der Waals surface area contributed by atoms with Crippen LogP contribution < -0.4 is 10.9 Å². The van der Waals surface area contributed by atoms with E-state index in [1.807, 2.05) is 19.1 Å². The SMILES string of the molecule is CCOC(=O)c1sc2nc([C@H](C)Nc3ccc(Cl)cc3)[nH]c(=O)c2c1C. The first-order valence-corrected chi connectivity index (χ1v) is 9.32. The topological polar surface area (TPSA) is 84.1 Å². The molecular weight excluding hydrogens is 374 g/mol. The van der Waals surface area contributed by atoms with Gasteiger partial charge in [-0.1, -0.05) is 11.6 Å². The summed E-state index contributed by atoms with van der Waals surface area (Å²) in [6, 6.07) is 7.03. The van der Waals surface area contributed by atoms with Crippen LogP contribution in [0.2, 0.25) is 5.02 Å². The molecule has 0 aliphatic carbocycles. The molecule has 0 saturated heterocycles. The standard InChI is InChI=1S/C18H18ClN3O3S/c1-4-25-18(24)14-9(2)13-16(23)21-15(22-17(13)26-14)10(3)20-12-7-5-11(19)6-8-12/h5-8,10,20H,4H2,1-3H3,(H,21,22,23)/t10-/m0/s1. The van der Waals surface area contributed by atoms with E-state index in [0.29, 0.717) is 31.5 Å². The van der Waals surface area contributed by atoms with Crippen LogP contribution in [0.4, 0.5) is 5.69 Å². The summed E-state index contributed by atoms with van der Waals surface area (Å²) in [6.07, 6.45) is 0. The average Bonchev–Trinajstić information content (AvgIpc) is 2.94. The summed E-state index contributed by atoms with van der Waals surface area (Å²) in [5.74, 6) is 0.0652. The molecule has 0 spiro atoms. The van der Waals surface area contributed by atoms with Crippen molar-refractivity contribution in [1.82, 2.24) is 9.97 Å². The first-order valence-electron chi connectivity index (χ1n) is 8.13. The lowest BCUT2D eigenvalue weighted by molar-refractivity contribution is 0.0531. The highest BCUT2D eigenvalue weighted by Gasteiger charge is 2.21. The van der Waals surface area contributed by atoms with Crippen LogP contribution in [0.25, 0.3) is 10.2 Å². The van der Waals surface area contributed by atoms with E-state index in [0.717, 1.165) is 5.69 Å². The van der Waals surface area contributed by atoms with Crippen molar-refractivity contribution in [2.24, 2.45) is 0 Å². The lowest BCUT2D eigenvalue weighted by Crippen LogP contribution is -2.17. The number of ether oxygens (including phenoxy) is 1.